The van der Waals surface area contributed by atoms with Gasteiger partial charge in [-0.25, -0.2) is 8.78 Å². The third-order valence-corrected chi connectivity index (χ3v) is 4.05. The summed E-state index contributed by atoms with van der Waals surface area (Å²) >= 11 is 0. The normalized spacial score (nSPS) is 12.2. The lowest BCUT2D eigenvalue weighted by Gasteiger charge is -2.21. The lowest BCUT2D eigenvalue weighted by atomic mass is 10.0. The molecule has 0 fully saturated rings. The maximum atomic E-state index is 13.6. The van der Waals surface area contributed by atoms with Crippen molar-refractivity contribution in [1.82, 2.24) is 10.2 Å². The van der Waals surface area contributed by atoms with Crippen molar-refractivity contribution in [1.29, 1.82) is 0 Å². The van der Waals surface area contributed by atoms with Crippen LogP contribution in [0.15, 0.2) is 48.5 Å². The molecule has 0 aromatic heterocycles. The van der Waals surface area contributed by atoms with Crippen LogP contribution >= 0.6 is 0 Å². The van der Waals surface area contributed by atoms with Gasteiger partial charge in [0, 0.05) is 6.42 Å². The van der Waals surface area contributed by atoms with Crippen LogP contribution in [0.4, 0.5) is 8.78 Å². The Labute approximate surface area is 147 Å². The van der Waals surface area contributed by atoms with Gasteiger partial charge in [0.05, 0.1) is 6.04 Å². The molecule has 0 aliphatic carbocycles. The topological polar surface area (TPSA) is 32.3 Å². The number of hydrogen-bond donors (Lipinski definition) is 1. The van der Waals surface area contributed by atoms with E-state index >= 15 is 0 Å². The maximum absolute atomic E-state index is 13.6. The summed E-state index contributed by atoms with van der Waals surface area (Å²) in [7, 11) is 3.92. The van der Waals surface area contributed by atoms with Gasteiger partial charge in [0.15, 0.2) is 0 Å². The molecule has 0 aliphatic rings. The Bertz CT molecular complexity index is 686. The maximum Gasteiger partial charge on any atom is 0.220 e. The lowest BCUT2D eigenvalue weighted by Crippen LogP contribution is -2.31. The van der Waals surface area contributed by atoms with Gasteiger partial charge >= 0.3 is 0 Å². The SMILES string of the molecule is CN(C)CCC(NC(=O)CCc1ccccc1F)c1ccc(F)cc1. The van der Waals surface area contributed by atoms with Crippen LogP contribution in [0.1, 0.15) is 30.0 Å². The van der Waals surface area contributed by atoms with E-state index in [4.69, 9.17) is 0 Å². The quantitative estimate of drug-likeness (QED) is 0.790. The first-order valence-corrected chi connectivity index (χ1v) is 8.38. The Hall–Kier alpha value is -2.27. The Kier molecular flexibility index (Phi) is 7.07. The van der Waals surface area contributed by atoms with E-state index in [2.05, 4.69) is 5.32 Å². The zero-order valence-corrected chi connectivity index (χ0v) is 14.6. The molecule has 0 spiro atoms. The molecule has 0 saturated carbocycles. The molecule has 0 aliphatic heterocycles. The molecular weight excluding hydrogens is 322 g/mol. The summed E-state index contributed by atoms with van der Waals surface area (Å²) in [4.78, 5) is 14.3. The van der Waals surface area contributed by atoms with E-state index in [9.17, 15) is 13.6 Å². The van der Waals surface area contributed by atoms with Crippen molar-refractivity contribution >= 4 is 5.91 Å². The van der Waals surface area contributed by atoms with Gasteiger partial charge < -0.3 is 10.2 Å². The number of aryl methyl sites for hydroxylation is 1. The zero-order chi connectivity index (χ0) is 18.2. The Morgan fingerprint density at radius 2 is 1.76 bits per heavy atom. The fourth-order valence-corrected chi connectivity index (χ4v) is 2.62. The smallest absolute Gasteiger partial charge is 0.220 e. The molecule has 25 heavy (non-hydrogen) atoms. The molecule has 0 saturated heterocycles. The predicted octanol–water partition coefficient (Wildman–Crippen LogP) is 3.71. The molecule has 3 nitrogen and oxygen atoms in total. The van der Waals surface area contributed by atoms with Crippen LogP contribution in [0.25, 0.3) is 0 Å². The predicted molar refractivity (Wildman–Crippen MR) is 95.2 cm³/mol. The molecule has 1 N–H and O–H groups in total. The summed E-state index contributed by atoms with van der Waals surface area (Å²) in [5.41, 5.74) is 1.40. The number of nitrogens with one attached hydrogen (secondary N) is 1. The Morgan fingerprint density at radius 1 is 1.08 bits per heavy atom. The second kappa shape index (κ2) is 9.28. The lowest BCUT2D eigenvalue weighted by molar-refractivity contribution is -0.121. The number of nitrogens with zero attached hydrogens (tertiary/aromatic N) is 1. The molecular formula is C20H24F2N2O. The van der Waals surface area contributed by atoms with Crippen molar-refractivity contribution in [3.8, 4) is 0 Å². The van der Waals surface area contributed by atoms with E-state index in [1.807, 2.05) is 19.0 Å². The molecule has 1 amide bonds. The van der Waals surface area contributed by atoms with E-state index in [0.717, 1.165) is 12.1 Å². The standard InChI is InChI=1S/C20H24F2N2O/c1-24(2)14-13-19(16-7-10-17(21)11-8-16)23-20(25)12-9-15-5-3-4-6-18(15)22/h3-8,10-11,19H,9,12-14H2,1-2H3,(H,23,25). The first kappa shape index (κ1) is 19.1. The fraction of sp³-hybridized carbons (Fsp3) is 0.350. The van der Waals surface area contributed by atoms with Gasteiger partial charge in [0.2, 0.25) is 5.91 Å². The average Bonchev–Trinajstić information content (AvgIpc) is 2.58. The highest BCUT2D eigenvalue weighted by atomic mass is 19.1. The Morgan fingerprint density at radius 3 is 2.40 bits per heavy atom. The molecule has 0 radical (unpaired) electrons. The number of amides is 1. The highest BCUT2D eigenvalue weighted by Gasteiger charge is 2.15. The van der Waals surface area contributed by atoms with E-state index in [1.54, 1.807) is 30.3 Å². The van der Waals surface area contributed by atoms with Crippen LogP contribution in [0.2, 0.25) is 0 Å². The molecule has 2 aromatic rings. The van der Waals surface area contributed by atoms with Crippen molar-refractivity contribution in [3.05, 3.63) is 71.3 Å². The van der Waals surface area contributed by atoms with E-state index in [0.29, 0.717) is 18.4 Å². The Balaban J connectivity index is 1.98. The summed E-state index contributed by atoms with van der Waals surface area (Å²) in [6.07, 6.45) is 1.27. The van der Waals surface area contributed by atoms with Crippen LogP contribution in [0.5, 0.6) is 0 Å². The van der Waals surface area contributed by atoms with Crippen molar-refractivity contribution in [3.63, 3.8) is 0 Å². The second-order valence-corrected chi connectivity index (χ2v) is 6.36. The van der Waals surface area contributed by atoms with Crippen LogP contribution in [0, 0.1) is 11.6 Å². The van der Waals surface area contributed by atoms with Crippen molar-refractivity contribution < 1.29 is 13.6 Å². The van der Waals surface area contributed by atoms with Gasteiger partial charge in [0.1, 0.15) is 11.6 Å². The number of benzene rings is 2. The number of hydrogen-bond acceptors (Lipinski definition) is 2. The average molecular weight is 346 g/mol. The van der Waals surface area contributed by atoms with Gasteiger partial charge in [-0.2, -0.15) is 0 Å². The minimum atomic E-state index is -0.305. The second-order valence-electron chi connectivity index (χ2n) is 6.36. The number of halogens is 2. The minimum absolute atomic E-state index is 0.142. The van der Waals surface area contributed by atoms with Gasteiger partial charge in [-0.15, -0.1) is 0 Å². The summed E-state index contributed by atoms with van der Waals surface area (Å²) in [5, 5.41) is 2.99. The highest BCUT2D eigenvalue weighted by Crippen LogP contribution is 2.18. The zero-order valence-electron chi connectivity index (χ0n) is 14.6. The summed E-state index contributed by atoms with van der Waals surface area (Å²) < 4.78 is 26.8. The first-order chi connectivity index (χ1) is 12.0. The third kappa shape index (κ3) is 6.27. The van der Waals surface area contributed by atoms with Crippen LogP contribution in [-0.2, 0) is 11.2 Å². The molecule has 5 heteroatoms. The van der Waals surface area contributed by atoms with Gasteiger partial charge in [-0.3, -0.25) is 4.79 Å². The van der Waals surface area contributed by atoms with Crippen molar-refractivity contribution in [2.45, 2.75) is 25.3 Å². The van der Waals surface area contributed by atoms with Crippen molar-refractivity contribution in [2.75, 3.05) is 20.6 Å². The number of carbonyl (C=O) groups excluding carboxylic acids is 1. The highest BCUT2D eigenvalue weighted by molar-refractivity contribution is 5.76. The van der Waals surface area contributed by atoms with Gasteiger partial charge in [0.25, 0.3) is 0 Å². The summed E-state index contributed by atoms with van der Waals surface area (Å²) in [6, 6.07) is 12.4. The molecule has 0 heterocycles. The minimum Gasteiger partial charge on any atom is -0.349 e. The third-order valence-electron chi connectivity index (χ3n) is 4.05. The molecule has 2 aromatic carbocycles. The largest absolute Gasteiger partial charge is 0.349 e. The molecule has 134 valence electrons. The van der Waals surface area contributed by atoms with Crippen LogP contribution < -0.4 is 5.32 Å². The van der Waals surface area contributed by atoms with E-state index < -0.39 is 0 Å². The van der Waals surface area contributed by atoms with Crippen LogP contribution in [0.3, 0.4) is 0 Å². The summed E-state index contributed by atoms with van der Waals surface area (Å²) in [6.45, 7) is 0.787. The van der Waals surface area contributed by atoms with Gasteiger partial charge in [-0.05, 0) is 62.8 Å². The van der Waals surface area contributed by atoms with Crippen LogP contribution in [-0.4, -0.2) is 31.4 Å². The monoisotopic (exact) mass is 346 g/mol. The number of carbonyl (C=O) groups is 1. The van der Waals surface area contributed by atoms with Gasteiger partial charge in [-0.1, -0.05) is 30.3 Å². The molecule has 2 rings (SSSR count). The molecule has 0 bridgehead atoms. The van der Waals surface area contributed by atoms with E-state index in [1.165, 1.54) is 18.2 Å². The summed E-state index contributed by atoms with van der Waals surface area (Å²) in [5.74, 6) is -0.740. The molecule has 1 atom stereocenters. The fourth-order valence-electron chi connectivity index (χ4n) is 2.62. The van der Waals surface area contributed by atoms with Crippen molar-refractivity contribution in [2.24, 2.45) is 0 Å². The number of rotatable bonds is 8. The van der Waals surface area contributed by atoms with E-state index in [-0.39, 0.29) is 30.0 Å². The first-order valence-electron chi connectivity index (χ1n) is 8.38. The molecule has 1 unspecified atom stereocenters.